The minimum absolute atomic E-state index is 0.475. The predicted molar refractivity (Wildman–Crippen MR) is 95.4 cm³/mol. The summed E-state index contributed by atoms with van der Waals surface area (Å²) in [5.74, 6) is 2.50. The normalized spacial score (nSPS) is 12.3. The summed E-state index contributed by atoms with van der Waals surface area (Å²) >= 11 is 1.73. The molecule has 0 aliphatic carbocycles. The van der Waals surface area contributed by atoms with Crippen LogP contribution in [-0.2, 0) is 6.54 Å². The van der Waals surface area contributed by atoms with Crippen LogP contribution >= 0.6 is 11.8 Å². The van der Waals surface area contributed by atoms with Crippen molar-refractivity contribution in [2.75, 3.05) is 7.11 Å². The molecule has 6 heteroatoms. The molecule has 2 aromatic heterocycles. The molecule has 1 unspecified atom stereocenters. The SMILES string of the molecule is CCC(C)Sc1nnc(-c2cccc(OC)c2)n1Cc1ccco1. The Balaban J connectivity index is 2.01. The summed E-state index contributed by atoms with van der Waals surface area (Å²) in [5, 5.41) is 10.2. The Hall–Kier alpha value is -2.21. The van der Waals surface area contributed by atoms with E-state index >= 15 is 0 Å². The van der Waals surface area contributed by atoms with Gasteiger partial charge in [0.05, 0.1) is 19.9 Å². The fourth-order valence-electron chi connectivity index (χ4n) is 2.32. The lowest BCUT2D eigenvalue weighted by molar-refractivity contribution is 0.415. The number of aromatic nitrogens is 3. The molecule has 3 aromatic rings. The molecule has 0 saturated heterocycles. The Morgan fingerprint density at radius 3 is 2.83 bits per heavy atom. The zero-order valence-electron chi connectivity index (χ0n) is 14.1. The highest BCUT2D eigenvalue weighted by Gasteiger charge is 2.17. The van der Waals surface area contributed by atoms with E-state index in [9.17, 15) is 0 Å². The van der Waals surface area contributed by atoms with E-state index in [1.54, 1.807) is 25.1 Å². The standard InChI is InChI=1S/C18H21N3O2S/c1-4-13(2)24-18-20-19-17(14-7-5-8-15(11-14)22-3)21(18)12-16-9-6-10-23-16/h5-11,13H,4,12H2,1-3H3. The molecule has 0 spiro atoms. The van der Waals surface area contributed by atoms with Gasteiger partial charge in [-0.2, -0.15) is 0 Å². The number of hydrogen-bond donors (Lipinski definition) is 0. The van der Waals surface area contributed by atoms with Crippen LogP contribution in [-0.4, -0.2) is 27.1 Å². The number of methoxy groups -OCH3 is 1. The smallest absolute Gasteiger partial charge is 0.192 e. The molecular formula is C18H21N3O2S. The Kier molecular flexibility index (Phi) is 5.25. The second-order valence-corrected chi connectivity index (χ2v) is 6.95. The van der Waals surface area contributed by atoms with Crippen molar-refractivity contribution in [3.05, 3.63) is 48.4 Å². The van der Waals surface area contributed by atoms with Crippen LogP contribution in [0, 0.1) is 0 Å². The monoisotopic (exact) mass is 343 g/mol. The minimum Gasteiger partial charge on any atom is -0.497 e. The van der Waals surface area contributed by atoms with E-state index in [1.165, 1.54) is 0 Å². The van der Waals surface area contributed by atoms with Gasteiger partial charge in [0.15, 0.2) is 11.0 Å². The van der Waals surface area contributed by atoms with Crippen LogP contribution in [0.2, 0.25) is 0 Å². The molecule has 0 amide bonds. The van der Waals surface area contributed by atoms with Crippen molar-refractivity contribution in [1.82, 2.24) is 14.8 Å². The van der Waals surface area contributed by atoms with Gasteiger partial charge in [-0.25, -0.2) is 0 Å². The van der Waals surface area contributed by atoms with E-state index in [0.29, 0.717) is 11.8 Å². The second kappa shape index (κ2) is 7.57. The highest BCUT2D eigenvalue weighted by atomic mass is 32.2. The van der Waals surface area contributed by atoms with Gasteiger partial charge in [0.1, 0.15) is 11.5 Å². The number of thioether (sulfide) groups is 1. The van der Waals surface area contributed by atoms with Gasteiger partial charge in [-0.05, 0) is 30.7 Å². The van der Waals surface area contributed by atoms with Gasteiger partial charge < -0.3 is 9.15 Å². The van der Waals surface area contributed by atoms with Gasteiger partial charge in [0, 0.05) is 10.8 Å². The second-order valence-electron chi connectivity index (χ2n) is 5.54. The number of benzene rings is 1. The lowest BCUT2D eigenvalue weighted by Crippen LogP contribution is -2.05. The first kappa shape index (κ1) is 16.6. The van der Waals surface area contributed by atoms with E-state index in [0.717, 1.165) is 34.5 Å². The third-order valence-corrected chi connectivity index (χ3v) is 5.07. The van der Waals surface area contributed by atoms with E-state index in [-0.39, 0.29) is 0 Å². The van der Waals surface area contributed by atoms with Crippen molar-refractivity contribution in [1.29, 1.82) is 0 Å². The van der Waals surface area contributed by atoms with Crippen LogP contribution in [0.4, 0.5) is 0 Å². The van der Waals surface area contributed by atoms with E-state index in [2.05, 4.69) is 28.6 Å². The maximum Gasteiger partial charge on any atom is 0.192 e. The molecule has 0 saturated carbocycles. The first-order chi connectivity index (χ1) is 11.7. The van der Waals surface area contributed by atoms with Gasteiger partial charge in [0.25, 0.3) is 0 Å². The molecule has 0 bridgehead atoms. The summed E-state index contributed by atoms with van der Waals surface area (Å²) < 4.78 is 12.9. The van der Waals surface area contributed by atoms with Crippen LogP contribution in [0.1, 0.15) is 26.0 Å². The first-order valence-electron chi connectivity index (χ1n) is 7.98. The molecule has 0 aliphatic rings. The maximum atomic E-state index is 5.52. The summed E-state index contributed by atoms with van der Waals surface area (Å²) in [4.78, 5) is 0. The Morgan fingerprint density at radius 1 is 1.25 bits per heavy atom. The molecule has 1 aromatic carbocycles. The molecule has 0 radical (unpaired) electrons. The highest BCUT2D eigenvalue weighted by molar-refractivity contribution is 7.99. The average molecular weight is 343 g/mol. The molecule has 3 rings (SSSR count). The van der Waals surface area contributed by atoms with E-state index in [1.807, 2.05) is 36.4 Å². The summed E-state index contributed by atoms with van der Waals surface area (Å²) in [6.07, 6.45) is 2.76. The topological polar surface area (TPSA) is 53.1 Å². The third kappa shape index (κ3) is 3.64. The van der Waals surface area contributed by atoms with Crippen molar-refractivity contribution < 1.29 is 9.15 Å². The zero-order valence-corrected chi connectivity index (χ0v) is 14.9. The summed E-state index contributed by atoms with van der Waals surface area (Å²) in [6, 6.07) is 11.7. The van der Waals surface area contributed by atoms with Crippen molar-refractivity contribution in [2.45, 2.75) is 37.2 Å². The lowest BCUT2D eigenvalue weighted by atomic mass is 10.2. The van der Waals surface area contributed by atoms with Crippen molar-refractivity contribution in [2.24, 2.45) is 0 Å². The average Bonchev–Trinajstić information content (AvgIpc) is 3.26. The number of ether oxygens (including phenoxy) is 1. The fraction of sp³-hybridized carbons (Fsp3) is 0.333. The molecule has 5 nitrogen and oxygen atoms in total. The largest absolute Gasteiger partial charge is 0.497 e. The third-order valence-electron chi connectivity index (χ3n) is 3.82. The Labute approximate surface area is 146 Å². The summed E-state index contributed by atoms with van der Waals surface area (Å²) in [7, 11) is 1.66. The van der Waals surface area contributed by atoms with Gasteiger partial charge in [-0.15, -0.1) is 10.2 Å². The van der Waals surface area contributed by atoms with Crippen molar-refractivity contribution >= 4 is 11.8 Å². The molecule has 24 heavy (non-hydrogen) atoms. The van der Waals surface area contributed by atoms with Crippen LogP contribution in [0.25, 0.3) is 11.4 Å². The Bertz CT molecular complexity index is 783. The lowest BCUT2D eigenvalue weighted by Gasteiger charge is -2.11. The number of hydrogen-bond acceptors (Lipinski definition) is 5. The molecule has 1 atom stereocenters. The van der Waals surface area contributed by atoms with Crippen molar-refractivity contribution in [3.8, 4) is 17.1 Å². The van der Waals surface area contributed by atoms with Gasteiger partial charge in [-0.1, -0.05) is 37.7 Å². The molecule has 126 valence electrons. The van der Waals surface area contributed by atoms with E-state index in [4.69, 9.17) is 9.15 Å². The van der Waals surface area contributed by atoms with Crippen molar-refractivity contribution in [3.63, 3.8) is 0 Å². The van der Waals surface area contributed by atoms with Crippen LogP contribution in [0.5, 0.6) is 5.75 Å². The van der Waals surface area contributed by atoms with Gasteiger partial charge in [-0.3, -0.25) is 4.57 Å². The fourth-order valence-corrected chi connectivity index (χ4v) is 3.21. The molecular weight excluding hydrogens is 322 g/mol. The number of rotatable bonds is 7. The predicted octanol–water partition coefficient (Wildman–Crippen LogP) is 4.49. The summed E-state index contributed by atoms with van der Waals surface area (Å²) in [5.41, 5.74) is 0.976. The minimum atomic E-state index is 0.475. The highest BCUT2D eigenvalue weighted by Crippen LogP contribution is 2.30. The van der Waals surface area contributed by atoms with E-state index < -0.39 is 0 Å². The Morgan fingerprint density at radius 2 is 2.12 bits per heavy atom. The number of furan rings is 1. The molecule has 0 aliphatic heterocycles. The van der Waals surface area contributed by atoms with Crippen LogP contribution in [0.15, 0.2) is 52.2 Å². The molecule has 0 N–H and O–H groups in total. The molecule has 0 fully saturated rings. The van der Waals surface area contributed by atoms with Gasteiger partial charge in [0.2, 0.25) is 0 Å². The van der Waals surface area contributed by atoms with Gasteiger partial charge >= 0.3 is 0 Å². The number of nitrogens with zero attached hydrogens (tertiary/aromatic N) is 3. The zero-order chi connectivity index (χ0) is 16.9. The quantitative estimate of drug-likeness (QED) is 0.592. The molecule has 2 heterocycles. The maximum absolute atomic E-state index is 5.52. The van der Waals surface area contributed by atoms with Crippen LogP contribution in [0.3, 0.4) is 0 Å². The first-order valence-corrected chi connectivity index (χ1v) is 8.86. The van der Waals surface area contributed by atoms with Crippen LogP contribution < -0.4 is 4.74 Å². The summed E-state index contributed by atoms with van der Waals surface area (Å²) in [6.45, 7) is 4.97.